The largest absolute Gasteiger partial charge is 0.190 e. The summed E-state index contributed by atoms with van der Waals surface area (Å²) in [4.78, 5) is 0. The molecule has 0 nitrogen and oxygen atoms in total. The van der Waals surface area contributed by atoms with Crippen molar-refractivity contribution >= 4 is 22.9 Å². The maximum atomic E-state index is 4.40. The maximum absolute atomic E-state index is 4.40. The van der Waals surface area contributed by atoms with E-state index in [4.69, 9.17) is 0 Å². The number of hydrogen-bond donors (Lipinski definition) is 0. The van der Waals surface area contributed by atoms with E-state index >= 15 is 0 Å². The lowest BCUT2D eigenvalue weighted by Crippen LogP contribution is -2.44. The molecule has 2 heterocycles. The SMILES string of the molecule is C=C(C)C(=C=C[Si](C)(C)C)B1C2CCCC(CCC2)[C@@H]1[Si](C)(C)C. The number of rotatable bonds is 4. The summed E-state index contributed by atoms with van der Waals surface area (Å²) in [6, 6.07) is 0. The summed E-state index contributed by atoms with van der Waals surface area (Å²) < 4.78 is 0. The molecule has 134 valence electrons. The smallest absolute Gasteiger partial charge is 0.136 e. The number of allylic oxidation sites excluding steroid dienone is 2. The Morgan fingerprint density at radius 2 is 1.54 bits per heavy atom. The van der Waals surface area contributed by atoms with Gasteiger partial charge in [0, 0.05) is 8.07 Å². The standard InChI is InChI=1S/C21H39BSi2/c1-17(2)20(15-16-23(3,4)5)22-19-13-9-11-18(12-10-14-19)21(22)24(6,7)8/h16,18-19,21H,1,9-14H2,2-8H3/t15?,18?,19?,21-/m0/s1. The Kier molecular flexibility index (Phi) is 6.32. The monoisotopic (exact) mass is 358 g/mol. The molecular weight excluding hydrogens is 319 g/mol. The Morgan fingerprint density at radius 3 is 1.96 bits per heavy atom. The van der Waals surface area contributed by atoms with E-state index in [-0.39, 0.29) is 0 Å². The van der Waals surface area contributed by atoms with Crippen molar-refractivity contribution < 1.29 is 0 Å². The Balaban J connectivity index is 2.59. The van der Waals surface area contributed by atoms with E-state index in [1.807, 2.05) is 0 Å². The fraction of sp³-hybridized carbons (Fsp3) is 0.762. The molecule has 0 saturated carbocycles. The van der Waals surface area contributed by atoms with Gasteiger partial charge >= 0.3 is 0 Å². The van der Waals surface area contributed by atoms with Gasteiger partial charge in [0.2, 0.25) is 0 Å². The number of fused-ring (bicyclic) bond motifs is 3. The van der Waals surface area contributed by atoms with E-state index in [9.17, 15) is 0 Å². The normalized spacial score (nSPS) is 28.0. The third kappa shape index (κ3) is 4.90. The molecule has 2 saturated heterocycles. The van der Waals surface area contributed by atoms with Gasteiger partial charge in [-0.3, -0.25) is 0 Å². The molecule has 2 aliphatic rings. The highest BCUT2D eigenvalue weighted by molar-refractivity contribution is 6.93. The van der Waals surface area contributed by atoms with Gasteiger partial charge in [0.25, 0.3) is 0 Å². The molecule has 0 radical (unpaired) electrons. The van der Waals surface area contributed by atoms with Crippen molar-refractivity contribution in [3.05, 3.63) is 29.1 Å². The van der Waals surface area contributed by atoms with Crippen LogP contribution in [0, 0.1) is 5.92 Å². The Bertz CT molecular complexity index is 519. The molecule has 0 spiro atoms. The van der Waals surface area contributed by atoms with Gasteiger partial charge in [0.1, 0.15) is 0 Å². The summed E-state index contributed by atoms with van der Waals surface area (Å²) in [5, 5.41) is 0. The molecule has 0 aromatic carbocycles. The Labute approximate surface area is 154 Å². The minimum atomic E-state index is -1.23. The van der Waals surface area contributed by atoms with Gasteiger partial charge in [-0.05, 0) is 18.3 Å². The summed E-state index contributed by atoms with van der Waals surface area (Å²) in [7, 11) is -2.46. The quantitative estimate of drug-likeness (QED) is 0.284. The minimum absolute atomic E-state index is 0.733. The first kappa shape index (κ1) is 20.1. The fourth-order valence-corrected chi connectivity index (χ4v) is 9.19. The van der Waals surface area contributed by atoms with Crippen molar-refractivity contribution in [3.63, 3.8) is 0 Å². The second kappa shape index (κ2) is 7.56. The predicted octanol–water partition coefficient (Wildman–Crippen LogP) is 7.16. The van der Waals surface area contributed by atoms with Crippen LogP contribution in [0.2, 0.25) is 50.5 Å². The second-order valence-corrected chi connectivity index (χ2v) is 21.1. The Morgan fingerprint density at radius 1 is 1.00 bits per heavy atom. The zero-order chi connectivity index (χ0) is 18.1. The molecule has 1 atom stereocenters. The zero-order valence-corrected chi connectivity index (χ0v) is 19.3. The first-order chi connectivity index (χ1) is 11.0. The zero-order valence-electron chi connectivity index (χ0n) is 17.3. The highest BCUT2D eigenvalue weighted by Gasteiger charge is 2.49. The van der Waals surface area contributed by atoms with Gasteiger partial charge in [-0.15, -0.1) is 5.73 Å². The number of hydrogen-bond acceptors (Lipinski definition) is 0. The van der Waals surface area contributed by atoms with E-state index in [2.05, 4.69) is 64.2 Å². The van der Waals surface area contributed by atoms with E-state index in [1.54, 1.807) is 0 Å². The average molecular weight is 359 g/mol. The van der Waals surface area contributed by atoms with Gasteiger partial charge in [-0.1, -0.05) is 107 Å². The van der Waals surface area contributed by atoms with Crippen LogP contribution < -0.4 is 0 Å². The van der Waals surface area contributed by atoms with Crippen LogP contribution in [0.5, 0.6) is 0 Å². The molecule has 0 unspecified atom stereocenters. The average Bonchev–Trinajstić information content (AvgIpc) is 2.64. The van der Waals surface area contributed by atoms with Crippen LogP contribution in [0.15, 0.2) is 29.1 Å². The lowest BCUT2D eigenvalue weighted by atomic mass is 9.32. The molecule has 0 aliphatic carbocycles. The second-order valence-electron chi connectivity index (χ2n) is 10.6. The molecule has 0 aromatic rings. The first-order valence-corrected chi connectivity index (χ1v) is 17.3. The van der Waals surface area contributed by atoms with E-state index in [1.165, 1.54) is 49.6 Å². The summed E-state index contributed by atoms with van der Waals surface area (Å²) in [5.41, 5.74) is 9.99. The van der Waals surface area contributed by atoms with Gasteiger partial charge in [0.05, 0.1) is 8.07 Å². The van der Waals surface area contributed by atoms with Crippen LogP contribution in [0.25, 0.3) is 0 Å². The minimum Gasteiger partial charge on any atom is -0.136 e. The van der Waals surface area contributed by atoms with Crippen molar-refractivity contribution in [2.24, 2.45) is 5.92 Å². The van der Waals surface area contributed by atoms with Crippen molar-refractivity contribution in [2.45, 2.75) is 96.0 Å². The highest BCUT2D eigenvalue weighted by Crippen LogP contribution is 2.52. The van der Waals surface area contributed by atoms with Crippen molar-refractivity contribution in [3.8, 4) is 0 Å². The van der Waals surface area contributed by atoms with Crippen molar-refractivity contribution in [2.75, 3.05) is 0 Å². The molecule has 2 bridgehead atoms. The van der Waals surface area contributed by atoms with Gasteiger partial charge < -0.3 is 0 Å². The summed E-state index contributed by atoms with van der Waals surface area (Å²) in [5.74, 6) is 1.83. The highest BCUT2D eigenvalue weighted by atomic mass is 28.3. The van der Waals surface area contributed by atoms with Crippen molar-refractivity contribution in [1.29, 1.82) is 0 Å². The first-order valence-electron chi connectivity index (χ1n) is 10.1. The third-order valence-corrected chi connectivity index (χ3v) is 10.00. The third-order valence-electron chi connectivity index (χ3n) is 6.16. The van der Waals surface area contributed by atoms with E-state index in [0.29, 0.717) is 0 Å². The molecule has 0 aromatic heterocycles. The molecule has 0 amide bonds. The van der Waals surface area contributed by atoms with Crippen molar-refractivity contribution in [1.82, 2.24) is 0 Å². The van der Waals surface area contributed by atoms with Crippen LogP contribution in [0.4, 0.5) is 0 Å². The van der Waals surface area contributed by atoms with Gasteiger partial charge in [-0.25, -0.2) is 0 Å². The van der Waals surface area contributed by atoms with E-state index < -0.39 is 16.1 Å². The predicted molar refractivity (Wildman–Crippen MR) is 118 cm³/mol. The summed E-state index contributed by atoms with van der Waals surface area (Å²) >= 11 is 0. The lowest BCUT2D eigenvalue weighted by Gasteiger charge is -2.40. The topological polar surface area (TPSA) is 0 Å². The van der Waals surface area contributed by atoms with Crippen LogP contribution in [0.3, 0.4) is 0 Å². The van der Waals surface area contributed by atoms with Gasteiger partial charge in [0.15, 0.2) is 6.71 Å². The Hall–Kier alpha value is -0.241. The van der Waals surface area contributed by atoms with Crippen LogP contribution in [-0.4, -0.2) is 22.9 Å². The van der Waals surface area contributed by atoms with E-state index in [0.717, 1.165) is 23.9 Å². The molecule has 2 aliphatic heterocycles. The molecule has 0 N–H and O–H groups in total. The van der Waals surface area contributed by atoms with Gasteiger partial charge in [-0.2, -0.15) is 0 Å². The molecule has 2 rings (SSSR count). The molecule has 24 heavy (non-hydrogen) atoms. The van der Waals surface area contributed by atoms with Crippen LogP contribution >= 0.6 is 0 Å². The molecule has 2 fully saturated rings. The molecule has 3 heteroatoms. The van der Waals surface area contributed by atoms with Crippen LogP contribution in [0.1, 0.15) is 45.4 Å². The summed E-state index contributed by atoms with van der Waals surface area (Å²) in [6.45, 7) is 22.5. The maximum Gasteiger partial charge on any atom is 0.190 e. The lowest BCUT2D eigenvalue weighted by molar-refractivity contribution is 0.411. The summed E-state index contributed by atoms with van der Waals surface area (Å²) in [6.07, 6.45) is 8.73. The van der Waals surface area contributed by atoms with Crippen LogP contribution in [-0.2, 0) is 0 Å². The molecular formula is C21H39BSi2. The fourth-order valence-electron chi connectivity index (χ4n) is 5.34.